The lowest BCUT2D eigenvalue weighted by Crippen LogP contribution is -2.55. The van der Waals surface area contributed by atoms with E-state index in [-0.39, 0.29) is 11.1 Å². The Morgan fingerprint density at radius 2 is 1.23 bits per heavy atom. The topological polar surface area (TPSA) is 15.5 Å². The zero-order valence-corrected chi connectivity index (χ0v) is 30.9. The number of aryl methyl sites for hydroxylation is 6. The highest BCUT2D eigenvalue weighted by Crippen LogP contribution is 2.54. The lowest BCUT2D eigenvalue weighted by molar-refractivity contribution is 0.274. The van der Waals surface area contributed by atoms with Gasteiger partial charge < -0.3 is 9.64 Å². The molecule has 0 saturated carbocycles. The van der Waals surface area contributed by atoms with E-state index in [1.807, 2.05) is 0 Å². The van der Waals surface area contributed by atoms with E-state index < -0.39 is 0 Å². The van der Waals surface area contributed by atoms with Crippen LogP contribution in [0.2, 0.25) is 0 Å². The SMILES string of the molecule is CC1=c2c(C)c(C)c3c4c5c(c(C)c3c2Oc2c1c(C)c(C)c1c3c6c(c(C)c21)CCCN6C(C)(C)CC3)CCC[N+]=5C(C)(C)CC4. The second-order valence-electron chi connectivity index (χ2n) is 17.1. The third-order valence-electron chi connectivity index (χ3n) is 14.0. The predicted molar refractivity (Wildman–Crippen MR) is 199 cm³/mol. The van der Waals surface area contributed by atoms with Gasteiger partial charge in [0.25, 0.3) is 0 Å². The zero-order chi connectivity index (χ0) is 33.1. The summed E-state index contributed by atoms with van der Waals surface area (Å²) in [4.78, 5) is 2.77. The van der Waals surface area contributed by atoms with Crippen molar-refractivity contribution in [3.63, 3.8) is 0 Å². The summed E-state index contributed by atoms with van der Waals surface area (Å²) in [6.07, 6.45) is 9.48. The van der Waals surface area contributed by atoms with E-state index in [1.165, 1.54) is 123 Å². The molecule has 4 aromatic rings. The van der Waals surface area contributed by atoms with E-state index in [4.69, 9.17) is 4.74 Å². The van der Waals surface area contributed by atoms with Crippen LogP contribution in [0.5, 0.6) is 11.5 Å². The first-order valence-electron chi connectivity index (χ1n) is 18.6. The summed E-state index contributed by atoms with van der Waals surface area (Å²) in [5.41, 5.74) is 19.6. The van der Waals surface area contributed by atoms with Crippen molar-refractivity contribution in [2.45, 2.75) is 139 Å². The van der Waals surface area contributed by atoms with Crippen LogP contribution in [-0.2, 0) is 25.7 Å². The molecule has 0 radical (unpaired) electrons. The van der Waals surface area contributed by atoms with Gasteiger partial charge in [-0.2, -0.15) is 0 Å². The van der Waals surface area contributed by atoms with Crippen molar-refractivity contribution in [2.75, 3.05) is 18.0 Å². The average molecular weight is 626 g/mol. The molecule has 0 unspecified atom stereocenters. The Hall–Kier alpha value is -3.33. The van der Waals surface area contributed by atoms with Gasteiger partial charge in [0, 0.05) is 63.3 Å². The minimum Gasteiger partial charge on any atom is -0.455 e. The van der Waals surface area contributed by atoms with Crippen LogP contribution in [0.4, 0.5) is 5.69 Å². The van der Waals surface area contributed by atoms with Crippen LogP contribution in [0.3, 0.4) is 0 Å². The molecule has 0 spiro atoms. The van der Waals surface area contributed by atoms with Crippen LogP contribution in [0.15, 0.2) is 0 Å². The van der Waals surface area contributed by atoms with Crippen LogP contribution >= 0.6 is 0 Å². The molecule has 47 heavy (non-hydrogen) atoms. The lowest BCUT2D eigenvalue weighted by Gasteiger charge is -2.49. The molecular weight excluding hydrogens is 572 g/mol. The predicted octanol–water partition coefficient (Wildman–Crippen LogP) is 8.81. The molecule has 0 saturated heterocycles. The van der Waals surface area contributed by atoms with E-state index in [9.17, 15) is 0 Å². The Morgan fingerprint density at radius 3 is 2.00 bits per heavy atom. The maximum absolute atomic E-state index is 7.61. The highest BCUT2D eigenvalue weighted by molar-refractivity contribution is 6.07. The second kappa shape index (κ2) is 9.42. The van der Waals surface area contributed by atoms with E-state index >= 15 is 0 Å². The van der Waals surface area contributed by atoms with Gasteiger partial charge >= 0.3 is 0 Å². The van der Waals surface area contributed by atoms with Gasteiger partial charge in [-0.15, -0.1) is 0 Å². The van der Waals surface area contributed by atoms with Crippen LogP contribution in [-0.4, -0.2) is 24.2 Å². The number of nitrogens with zero attached hydrogens (tertiary/aromatic N) is 2. The largest absolute Gasteiger partial charge is 0.455 e. The molecule has 244 valence electrons. The molecule has 0 aromatic heterocycles. The Balaban J connectivity index is 1.44. The van der Waals surface area contributed by atoms with Crippen molar-refractivity contribution < 1.29 is 4.74 Å². The lowest BCUT2D eigenvalue weighted by atomic mass is 9.75. The Morgan fingerprint density at radius 1 is 0.596 bits per heavy atom. The number of fused-ring (bicyclic) bond motifs is 8. The van der Waals surface area contributed by atoms with Gasteiger partial charge in [-0.25, -0.2) is 4.58 Å². The average Bonchev–Trinajstić information content (AvgIpc) is 3.03. The molecule has 5 aliphatic rings. The molecule has 4 aromatic carbocycles. The summed E-state index contributed by atoms with van der Waals surface area (Å²) in [5.74, 6) is 2.26. The number of hydrogen-bond donors (Lipinski definition) is 0. The second-order valence-corrected chi connectivity index (χ2v) is 17.1. The molecule has 0 aliphatic carbocycles. The Kier molecular flexibility index (Phi) is 5.97. The highest BCUT2D eigenvalue weighted by atomic mass is 16.5. The van der Waals surface area contributed by atoms with Gasteiger partial charge in [-0.3, -0.25) is 0 Å². The molecule has 3 heteroatoms. The molecule has 0 amide bonds. The van der Waals surface area contributed by atoms with Crippen LogP contribution in [0, 0.1) is 41.5 Å². The molecule has 9 rings (SSSR count). The highest BCUT2D eigenvalue weighted by Gasteiger charge is 2.42. The first-order valence-corrected chi connectivity index (χ1v) is 18.6. The zero-order valence-electron chi connectivity index (χ0n) is 30.9. The van der Waals surface area contributed by atoms with Gasteiger partial charge in [0.05, 0.1) is 0 Å². The van der Waals surface area contributed by atoms with Crippen molar-refractivity contribution in [2.24, 2.45) is 0 Å². The first kappa shape index (κ1) is 29.8. The van der Waals surface area contributed by atoms with Gasteiger partial charge in [0.1, 0.15) is 18.0 Å². The summed E-state index contributed by atoms with van der Waals surface area (Å²) < 4.78 is 10.4. The Bertz CT molecular complexity index is 2300. The summed E-state index contributed by atoms with van der Waals surface area (Å²) in [7, 11) is 0. The fourth-order valence-corrected chi connectivity index (χ4v) is 11.1. The fourth-order valence-electron chi connectivity index (χ4n) is 11.1. The van der Waals surface area contributed by atoms with E-state index in [0.717, 1.165) is 24.3 Å². The summed E-state index contributed by atoms with van der Waals surface area (Å²) in [6.45, 7) is 28.9. The molecule has 0 atom stereocenters. The van der Waals surface area contributed by atoms with Crippen LogP contribution < -0.4 is 24.8 Å². The standard InChI is InChI=1S/C44H53N2O/c1-22-24(3)35-31-16-18-43(8,9)45-20-12-14-29(39(31)45)26(5)37(35)41-33(22)28(7)34-23(2)25(4)36-32-17-19-44(10,11)46-21-13-15-30(40(32)46)27(6)38(36)42(34)47-41/h12-21H2,1-11H3/q+1. The molecule has 5 aliphatic heterocycles. The third-order valence-corrected chi connectivity index (χ3v) is 14.0. The summed E-state index contributed by atoms with van der Waals surface area (Å²) in [5, 5.41) is 8.63. The normalized spacial score (nSPS) is 20.2. The van der Waals surface area contributed by atoms with Crippen molar-refractivity contribution in [3.05, 3.63) is 71.8 Å². The molecule has 0 N–H and O–H groups in total. The van der Waals surface area contributed by atoms with Crippen molar-refractivity contribution in [3.8, 4) is 11.5 Å². The quantitative estimate of drug-likeness (QED) is 0.182. The van der Waals surface area contributed by atoms with E-state index in [2.05, 4.69) is 85.6 Å². The number of hydrogen-bond acceptors (Lipinski definition) is 2. The minimum atomic E-state index is 0.204. The monoisotopic (exact) mass is 625 g/mol. The molecule has 3 nitrogen and oxygen atoms in total. The third kappa shape index (κ3) is 3.57. The van der Waals surface area contributed by atoms with Crippen LogP contribution in [0.25, 0.3) is 27.1 Å². The molecular formula is C44H53N2O+. The summed E-state index contributed by atoms with van der Waals surface area (Å²) >= 11 is 0. The van der Waals surface area contributed by atoms with Crippen LogP contribution in [0.1, 0.15) is 121 Å². The van der Waals surface area contributed by atoms with Crippen molar-refractivity contribution in [1.29, 1.82) is 0 Å². The maximum Gasteiger partial charge on any atom is 0.207 e. The summed E-state index contributed by atoms with van der Waals surface area (Å²) in [6, 6.07) is 0. The van der Waals surface area contributed by atoms with E-state index in [1.54, 1.807) is 33.3 Å². The first-order chi connectivity index (χ1) is 22.3. The van der Waals surface area contributed by atoms with Gasteiger partial charge in [0.15, 0.2) is 5.54 Å². The molecule has 0 bridgehead atoms. The van der Waals surface area contributed by atoms with Gasteiger partial charge in [-0.05, 0) is 176 Å². The number of anilines is 1. The van der Waals surface area contributed by atoms with E-state index in [0.29, 0.717) is 0 Å². The number of benzene rings is 4. The fraction of sp³-hybridized carbons (Fsp3) is 0.523. The Labute approximate surface area is 281 Å². The molecule has 0 fully saturated rings. The number of rotatable bonds is 0. The number of ether oxygens (including phenoxy) is 1. The smallest absolute Gasteiger partial charge is 0.207 e. The van der Waals surface area contributed by atoms with Crippen molar-refractivity contribution in [1.82, 2.24) is 4.58 Å². The van der Waals surface area contributed by atoms with Gasteiger partial charge in [0.2, 0.25) is 5.36 Å². The molecule has 5 heterocycles. The van der Waals surface area contributed by atoms with Crippen molar-refractivity contribution >= 4 is 32.8 Å². The maximum atomic E-state index is 7.61. The van der Waals surface area contributed by atoms with Gasteiger partial charge in [-0.1, -0.05) is 0 Å². The minimum absolute atomic E-state index is 0.204.